The van der Waals surface area contributed by atoms with Crippen molar-refractivity contribution in [3.05, 3.63) is 100 Å². The molecule has 3 aromatic rings. The Kier molecular flexibility index (Phi) is 11.1. The standard InChI is InChI=1S/C30H36BrN3O4S/c1-4-5-18-32-30(36)28(20-24-11-7-6-8-12-24)33(21-25-14-16-26(31)17-15-25)29(35)22-34(39(3,37)38)27-13-9-10-23(2)19-27/h6-17,19,28H,4-5,18,20-22H2,1-3H3,(H,32,36). The topological polar surface area (TPSA) is 86.8 Å². The van der Waals surface area contributed by atoms with Gasteiger partial charge in [-0.25, -0.2) is 8.42 Å². The van der Waals surface area contributed by atoms with Crippen molar-refractivity contribution in [3.8, 4) is 0 Å². The number of carbonyl (C=O) groups excluding carboxylic acids is 2. The van der Waals surface area contributed by atoms with Crippen molar-refractivity contribution in [3.63, 3.8) is 0 Å². The lowest BCUT2D eigenvalue weighted by Crippen LogP contribution is -2.53. The van der Waals surface area contributed by atoms with Crippen LogP contribution in [0.5, 0.6) is 0 Å². The van der Waals surface area contributed by atoms with Gasteiger partial charge in [0.15, 0.2) is 0 Å². The Bertz CT molecular complexity index is 1350. The zero-order chi connectivity index (χ0) is 28.4. The van der Waals surface area contributed by atoms with Gasteiger partial charge in [0.2, 0.25) is 21.8 Å². The van der Waals surface area contributed by atoms with Crippen LogP contribution in [-0.4, -0.2) is 50.5 Å². The molecule has 0 saturated carbocycles. The Morgan fingerprint density at radius 3 is 2.26 bits per heavy atom. The van der Waals surface area contributed by atoms with Crippen LogP contribution in [0.2, 0.25) is 0 Å². The zero-order valence-electron chi connectivity index (χ0n) is 22.6. The first-order valence-corrected chi connectivity index (χ1v) is 15.6. The summed E-state index contributed by atoms with van der Waals surface area (Å²) in [5, 5.41) is 2.98. The average Bonchev–Trinajstić information content (AvgIpc) is 2.90. The van der Waals surface area contributed by atoms with Gasteiger partial charge >= 0.3 is 0 Å². The highest BCUT2D eigenvalue weighted by Gasteiger charge is 2.33. The molecule has 7 nitrogen and oxygen atoms in total. The summed E-state index contributed by atoms with van der Waals surface area (Å²) in [5.74, 6) is -0.726. The number of nitrogens with zero attached hydrogens (tertiary/aromatic N) is 2. The molecule has 0 spiro atoms. The summed E-state index contributed by atoms with van der Waals surface area (Å²) >= 11 is 3.44. The lowest BCUT2D eigenvalue weighted by atomic mass is 10.0. The maximum absolute atomic E-state index is 14.0. The molecule has 0 aliphatic heterocycles. The molecule has 0 saturated heterocycles. The number of hydrogen-bond donors (Lipinski definition) is 1. The molecule has 1 unspecified atom stereocenters. The van der Waals surface area contributed by atoms with Crippen molar-refractivity contribution < 1.29 is 18.0 Å². The van der Waals surface area contributed by atoms with Crippen LogP contribution in [0.4, 0.5) is 5.69 Å². The monoisotopic (exact) mass is 613 g/mol. The second-order valence-corrected chi connectivity index (χ2v) is 12.4. The smallest absolute Gasteiger partial charge is 0.244 e. The third-order valence-electron chi connectivity index (χ3n) is 6.34. The molecule has 0 aromatic heterocycles. The van der Waals surface area contributed by atoms with Gasteiger partial charge in [-0.1, -0.05) is 83.9 Å². The second-order valence-electron chi connectivity index (χ2n) is 9.61. The number of benzene rings is 3. The molecule has 0 fully saturated rings. The first-order valence-electron chi connectivity index (χ1n) is 13.0. The lowest BCUT2D eigenvalue weighted by molar-refractivity contribution is -0.140. The van der Waals surface area contributed by atoms with Crippen molar-refractivity contribution in [2.45, 2.75) is 45.7 Å². The Labute approximate surface area is 240 Å². The predicted molar refractivity (Wildman–Crippen MR) is 160 cm³/mol. The zero-order valence-corrected chi connectivity index (χ0v) is 25.0. The number of aryl methyl sites for hydroxylation is 1. The summed E-state index contributed by atoms with van der Waals surface area (Å²) < 4.78 is 27.7. The number of anilines is 1. The summed E-state index contributed by atoms with van der Waals surface area (Å²) in [6.07, 6.45) is 3.12. The van der Waals surface area contributed by atoms with Gasteiger partial charge in [-0.2, -0.15) is 0 Å². The van der Waals surface area contributed by atoms with Gasteiger partial charge < -0.3 is 10.2 Å². The number of hydrogen-bond acceptors (Lipinski definition) is 4. The van der Waals surface area contributed by atoms with Crippen molar-refractivity contribution in [1.82, 2.24) is 10.2 Å². The summed E-state index contributed by atoms with van der Waals surface area (Å²) in [6.45, 7) is 4.13. The minimum Gasteiger partial charge on any atom is -0.354 e. The predicted octanol–water partition coefficient (Wildman–Crippen LogP) is 5.08. The third kappa shape index (κ3) is 9.21. The minimum absolute atomic E-state index is 0.149. The van der Waals surface area contributed by atoms with Gasteiger partial charge in [-0.15, -0.1) is 0 Å². The molecule has 2 amide bonds. The minimum atomic E-state index is -3.79. The van der Waals surface area contributed by atoms with Gasteiger partial charge in [-0.05, 0) is 54.3 Å². The van der Waals surface area contributed by atoms with Crippen molar-refractivity contribution in [2.24, 2.45) is 0 Å². The summed E-state index contributed by atoms with van der Waals surface area (Å²) in [4.78, 5) is 29.1. The fraction of sp³-hybridized carbons (Fsp3) is 0.333. The summed E-state index contributed by atoms with van der Waals surface area (Å²) in [7, 11) is -3.79. The molecule has 3 aromatic carbocycles. The van der Waals surface area contributed by atoms with Gasteiger partial charge in [0.25, 0.3) is 0 Å². The number of sulfonamides is 1. The maximum atomic E-state index is 14.0. The Morgan fingerprint density at radius 1 is 0.949 bits per heavy atom. The highest BCUT2D eigenvalue weighted by molar-refractivity contribution is 9.10. The highest BCUT2D eigenvalue weighted by atomic mass is 79.9. The summed E-state index contributed by atoms with van der Waals surface area (Å²) in [6, 6.07) is 23.2. The van der Waals surface area contributed by atoms with E-state index < -0.39 is 28.5 Å². The quantitative estimate of drug-likeness (QED) is 0.272. The number of halogens is 1. The number of rotatable bonds is 13. The Balaban J connectivity index is 2.02. The van der Waals surface area contributed by atoms with Crippen molar-refractivity contribution >= 4 is 43.5 Å². The van der Waals surface area contributed by atoms with E-state index in [-0.39, 0.29) is 12.5 Å². The number of nitrogens with one attached hydrogen (secondary N) is 1. The largest absolute Gasteiger partial charge is 0.354 e. The van der Waals surface area contributed by atoms with E-state index in [1.807, 2.05) is 74.5 Å². The lowest BCUT2D eigenvalue weighted by Gasteiger charge is -2.33. The van der Waals surface area contributed by atoms with Crippen LogP contribution in [0, 0.1) is 6.92 Å². The number of amides is 2. The summed E-state index contributed by atoms with van der Waals surface area (Å²) in [5.41, 5.74) is 3.01. The van der Waals surface area contributed by atoms with Crippen LogP contribution in [0.1, 0.15) is 36.5 Å². The van der Waals surface area contributed by atoms with E-state index in [4.69, 9.17) is 0 Å². The molecule has 1 N–H and O–H groups in total. The molecular weight excluding hydrogens is 578 g/mol. The van der Waals surface area contributed by atoms with Gasteiger partial charge in [0.05, 0.1) is 11.9 Å². The van der Waals surface area contributed by atoms with Gasteiger partial charge in [0, 0.05) is 24.0 Å². The number of unbranched alkanes of at least 4 members (excludes halogenated alkanes) is 1. The van der Waals surface area contributed by atoms with Crippen LogP contribution in [0.3, 0.4) is 0 Å². The second kappa shape index (κ2) is 14.3. The van der Waals surface area contributed by atoms with Crippen LogP contribution in [-0.2, 0) is 32.6 Å². The van der Waals surface area contributed by atoms with E-state index in [2.05, 4.69) is 21.2 Å². The molecule has 0 aliphatic carbocycles. The van der Waals surface area contributed by atoms with Crippen LogP contribution < -0.4 is 9.62 Å². The van der Waals surface area contributed by atoms with E-state index in [0.29, 0.717) is 18.7 Å². The van der Waals surface area contributed by atoms with Crippen LogP contribution >= 0.6 is 15.9 Å². The molecule has 0 heterocycles. The molecule has 39 heavy (non-hydrogen) atoms. The first kappa shape index (κ1) is 30.4. The molecule has 1 atom stereocenters. The van der Waals surface area contributed by atoms with E-state index in [0.717, 1.165) is 44.6 Å². The highest BCUT2D eigenvalue weighted by Crippen LogP contribution is 2.22. The first-order chi connectivity index (χ1) is 18.6. The molecule has 0 radical (unpaired) electrons. The van der Waals surface area contributed by atoms with E-state index in [1.54, 1.807) is 18.2 Å². The van der Waals surface area contributed by atoms with Crippen LogP contribution in [0.25, 0.3) is 0 Å². The van der Waals surface area contributed by atoms with Crippen LogP contribution in [0.15, 0.2) is 83.3 Å². The number of carbonyl (C=O) groups is 2. The molecule has 0 bridgehead atoms. The SMILES string of the molecule is CCCCNC(=O)C(Cc1ccccc1)N(Cc1ccc(Br)cc1)C(=O)CN(c1cccc(C)c1)S(C)(=O)=O. The Hall–Kier alpha value is -3.17. The molecular formula is C30H36BrN3O4S. The normalized spacial score (nSPS) is 12.0. The van der Waals surface area contributed by atoms with E-state index in [9.17, 15) is 18.0 Å². The third-order valence-corrected chi connectivity index (χ3v) is 8.00. The maximum Gasteiger partial charge on any atom is 0.244 e. The average molecular weight is 615 g/mol. The fourth-order valence-corrected chi connectivity index (χ4v) is 5.35. The Morgan fingerprint density at radius 2 is 1.64 bits per heavy atom. The molecule has 9 heteroatoms. The fourth-order valence-electron chi connectivity index (χ4n) is 4.24. The van der Waals surface area contributed by atoms with Gasteiger partial charge in [0.1, 0.15) is 12.6 Å². The van der Waals surface area contributed by atoms with E-state index in [1.165, 1.54) is 4.90 Å². The molecule has 0 aliphatic rings. The van der Waals surface area contributed by atoms with E-state index >= 15 is 0 Å². The van der Waals surface area contributed by atoms with Crippen molar-refractivity contribution in [2.75, 3.05) is 23.7 Å². The van der Waals surface area contributed by atoms with Gasteiger partial charge in [-0.3, -0.25) is 13.9 Å². The molecule has 3 rings (SSSR count). The van der Waals surface area contributed by atoms with Crippen molar-refractivity contribution in [1.29, 1.82) is 0 Å². The molecule has 208 valence electrons.